The standard InChI is InChI=1S/C20H22N4O5/c1-11-7-6-8-24-18(11)21-12(2)16(19(24)25)23-20(26)22-13-9-14(27-3)17(29-5)15(10-13)28-4/h6-10H,1-5H3,(H2,22,23,26). The molecule has 3 aromatic rings. The Morgan fingerprint density at radius 3 is 2.28 bits per heavy atom. The van der Waals surface area contributed by atoms with Gasteiger partial charge in [-0.3, -0.25) is 9.20 Å². The molecule has 2 amide bonds. The van der Waals surface area contributed by atoms with Crippen LogP contribution in [0.1, 0.15) is 11.3 Å². The van der Waals surface area contributed by atoms with Crippen LogP contribution in [0.4, 0.5) is 16.2 Å². The average Bonchev–Trinajstić information content (AvgIpc) is 2.71. The molecule has 2 aromatic heterocycles. The smallest absolute Gasteiger partial charge is 0.323 e. The molecule has 2 N–H and O–H groups in total. The SMILES string of the molecule is COc1cc(NC(=O)Nc2c(C)nc3c(C)cccn3c2=O)cc(OC)c1OC. The quantitative estimate of drug-likeness (QED) is 0.685. The second-order valence-electron chi connectivity index (χ2n) is 6.26. The van der Waals surface area contributed by atoms with Crippen LogP contribution in [0.3, 0.4) is 0 Å². The van der Waals surface area contributed by atoms with Crippen molar-refractivity contribution in [2.45, 2.75) is 13.8 Å². The lowest BCUT2D eigenvalue weighted by Gasteiger charge is -2.15. The van der Waals surface area contributed by atoms with Crippen molar-refractivity contribution in [3.8, 4) is 17.2 Å². The van der Waals surface area contributed by atoms with E-state index in [2.05, 4.69) is 15.6 Å². The van der Waals surface area contributed by atoms with Crippen LogP contribution in [0, 0.1) is 13.8 Å². The number of amides is 2. The summed E-state index contributed by atoms with van der Waals surface area (Å²) in [6, 6.07) is 6.19. The highest BCUT2D eigenvalue weighted by Crippen LogP contribution is 2.39. The molecule has 0 bridgehead atoms. The Bertz CT molecular complexity index is 1110. The van der Waals surface area contributed by atoms with E-state index >= 15 is 0 Å². The summed E-state index contributed by atoms with van der Waals surface area (Å²) in [5, 5.41) is 5.25. The molecule has 0 aliphatic heterocycles. The van der Waals surface area contributed by atoms with E-state index in [0.717, 1.165) is 5.56 Å². The van der Waals surface area contributed by atoms with Crippen molar-refractivity contribution in [1.82, 2.24) is 9.38 Å². The average molecular weight is 398 g/mol. The molecular formula is C20H22N4O5. The van der Waals surface area contributed by atoms with Crippen molar-refractivity contribution in [2.24, 2.45) is 0 Å². The van der Waals surface area contributed by atoms with Gasteiger partial charge in [-0.15, -0.1) is 0 Å². The summed E-state index contributed by atoms with van der Waals surface area (Å²) in [5.41, 5.74) is 1.96. The number of hydrogen-bond donors (Lipinski definition) is 2. The summed E-state index contributed by atoms with van der Waals surface area (Å²) in [6.45, 7) is 3.54. The maximum absolute atomic E-state index is 12.8. The third-order valence-electron chi connectivity index (χ3n) is 4.39. The van der Waals surface area contributed by atoms with E-state index in [0.29, 0.717) is 34.3 Å². The van der Waals surface area contributed by atoms with Gasteiger partial charge in [-0.25, -0.2) is 9.78 Å². The topological polar surface area (TPSA) is 103 Å². The fourth-order valence-electron chi connectivity index (χ4n) is 2.98. The van der Waals surface area contributed by atoms with Crippen LogP contribution in [0.15, 0.2) is 35.3 Å². The van der Waals surface area contributed by atoms with Gasteiger partial charge in [0.05, 0.1) is 32.7 Å². The van der Waals surface area contributed by atoms with Gasteiger partial charge in [-0.2, -0.15) is 0 Å². The molecule has 0 radical (unpaired) electrons. The predicted octanol–water partition coefficient (Wildman–Crippen LogP) is 2.98. The Morgan fingerprint density at radius 1 is 1.03 bits per heavy atom. The Morgan fingerprint density at radius 2 is 1.69 bits per heavy atom. The predicted molar refractivity (Wildman–Crippen MR) is 110 cm³/mol. The lowest BCUT2D eigenvalue weighted by Crippen LogP contribution is -2.28. The van der Waals surface area contributed by atoms with Gasteiger partial charge in [-0.1, -0.05) is 6.07 Å². The van der Waals surface area contributed by atoms with Crippen LogP contribution in [-0.4, -0.2) is 36.7 Å². The number of carbonyl (C=O) groups excluding carboxylic acids is 1. The number of nitrogens with zero attached hydrogens (tertiary/aromatic N) is 2. The van der Waals surface area contributed by atoms with E-state index in [4.69, 9.17) is 14.2 Å². The fraction of sp³-hybridized carbons (Fsp3) is 0.250. The van der Waals surface area contributed by atoms with E-state index in [1.165, 1.54) is 25.7 Å². The second-order valence-corrected chi connectivity index (χ2v) is 6.26. The number of methoxy groups -OCH3 is 3. The van der Waals surface area contributed by atoms with Gasteiger partial charge >= 0.3 is 6.03 Å². The van der Waals surface area contributed by atoms with E-state index < -0.39 is 6.03 Å². The van der Waals surface area contributed by atoms with Gasteiger partial charge < -0.3 is 24.8 Å². The molecule has 29 heavy (non-hydrogen) atoms. The van der Waals surface area contributed by atoms with Crippen molar-refractivity contribution < 1.29 is 19.0 Å². The molecule has 1 aromatic carbocycles. The van der Waals surface area contributed by atoms with E-state index in [1.54, 1.807) is 31.3 Å². The number of urea groups is 1. The van der Waals surface area contributed by atoms with Gasteiger partial charge in [0.15, 0.2) is 11.5 Å². The number of ether oxygens (including phenoxy) is 3. The molecule has 9 heteroatoms. The highest BCUT2D eigenvalue weighted by atomic mass is 16.5. The lowest BCUT2D eigenvalue weighted by atomic mass is 10.2. The number of aromatic nitrogens is 2. The second kappa shape index (κ2) is 8.09. The monoisotopic (exact) mass is 398 g/mol. The van der Waals surface area contributed by atoms with Crippen LogP contribution >= 0.6 is 0 Å². The summed E-state index contributed by atoms with van der Waals surface area (Å²) in [5.74, 6) is 1.19. The number of pyridine rings is 1. The molecule has 0 saturated heterocycles. The van der Waals surface area contributed by atoms with Crippen molar-refractivity contribution in [3.05, 3.63) is 52.1 Å². The Hall–Kier alpha value is -3.75. The first-order valence-corrected chi connectivity index (χ1v) is 8.76. The number of aryl methyl sites for hydroxylation is 2. The van der Waals surface area contributed by atoms with Crippen molar-refractivity contribution >= 4 is 23.1 Å². The van der Waals surface area contributed by atoms with Gasteiger partial charge in [0.25, 0.3) is 5.56 Å². The van der Waals surface area contributed by atoms with Crippen molar-refractivity contribution in [2.75, 3.05) is 32.0 Å². The molecule has 2 heterocycles. The summed E-state index contributed by atoms with van der Waals surface area (Å²) >= 11 is 0. The minimum atomic E-state index is -0.603. The number of carbonyl (C=O) groups is 1. The van der Waals surface area contributed by atoms with Crippen LogP contribution in [0.2, 0.25) is 0 Å². The maximum Gasteiger partial charge on any atom is 0.323 e. The first-order chi connectivity index (χ1) is 13.9. The number of anilines is 2. The highest BCUT2D eigenvalue weighted by Gasteiger charge is 2.17. The van der Waals surface area contributed by atoms with Crippen molar-refractivity contribution in [3.63, 3.8) is 0 Å². The summed E-state index contributed by atoms with van der Waals surface area (Å²) in [4.78, 5) is 29.8. The van der Waals surface area contributed by atoms with Gasteiger partial charge in [0.2, 0.25) is 5.75 Å². The first-order valence-electron chi connectivity index (χ1n) is 8.76. The number of benzene rings is 1. The highest BCUT2D eigenvalue weighted by molar-refractivity contribution is 6.00. The minimum absolute atomic E-state index is 0.0954. The van der Waals surface area contributed by atoms with Crippen LogP contribution in [0.25, 0.3) is 5.65 Å². The third kappa shape index (κ3) is 3.79. The van der Waals surface area contributed by atoms with Gasteiger partial charge in [0.1, 0.15) is 11.3 Å². The number of nitrogens with one attached hydrogen (secondary N) is 2. The first kappa shape index (κ1) is 20.0. The molecule has 3 rings (SSSR count). The molecular weight excluding hydrogens is 376 g/mol. The number of hydrogen-bond acceptors (Lipinski definition) is 6. The Kier molecular flexibility index (Phi) is 5.58. The molecule has 0 atom stereocenters. The normalized spacial score (nSPS) is 10.5. The largest absolute Gasteiger partial charge is 0.493 e. The fourth-order valence-corrected chi connectivity index (χ4v) is 2.98. The third-order valence-corrected chi connectivity index (χ3v) is 4.39. The van der Waals surface area contributed by atoms with Crippen molar-refractivity contribution in [1.29, 1.82) is 0 Å². The zero-order chi connectivity index (χ0) is 21.1. The Balaban J connectivity index is 1.91. The zero-order valence-corrected chi connectivity index (χ0v) is 16.8. The molecule has 0 spiro atoms. The molecule has 152 valence electrons. The van der Waals surface area contributed by atoms with Crippen LogP contribution in [-0.2, 0) is 0 Å². The number of rotatable bonds is 5. The maximum atomic E-state index is 12.8. The summed E-state index contributed by atoms with van der Waals surface area (Å²) in [6.07, 6.45) is 1.61. The molecule has 0 aliphatic carbocycles. The molecule has 0 fully saturated rings. The van der Waals surface area contributed by atoms with Gasteiger partial charge in [0, 0.05) is 18.3 Å². The molecule has 0 unspecified atom stereocenters. The molecule has 0 aliphatic rings. The van der Waals surface area contributed by atoms with E-state index in [9.17, 15) is 9.59 Å². The Labute approximate surface area is 167 Å². The summed E-state index contributed by atoms with van der Waals surface area (Å²) in [7, 11) is 4.45. The molecule has 0 saturated carbocycles. The summed E-state index contributed by atoms with van der Waals surface area (Å²) < 4.78 is 17.2. The van der Waals surface area contributed by atoms with Crippen LogP contribution < -0.4 is 30.4 Å². The van der Waals surface area contributed by atoms with E-state index in [1.807, 2.05) is 13.0 Å². The lowest BCUT2D eigenvalue weighted by molar-refractivity contribution is 0.262. The van der Waals surface area contributed by atoms with Gasteiger partial charge in [-0.05, 0) is 25.5 Å². The van der Waals surface area contributed by atoms with E-state index in [-0.39, 0.29) is 11.2 Å². The molecule has 9 nitrogen and oxygen atoms in total. The number of fused-ring (bicyclic) bond motifs is 1. The van der Waals surface area contributed by atoms with Crippen LogP contribution in [0.5, 0.6) is 17.2 Å². The zero-order valence-electron chi connectivity index (χ0n) is 16.8. The minimum Gasteiger partial charge on any atom is -0.493 e.